The van der Waals surface area contributed by atoms with Crippen LogP contribution in [-0.2, 0) is 11.2 Å². The average Bonchev–Trinajstić information content (AvgIpc) is 3.21. The Morgan fingerprint density at radius 3 is 2.70 bits per heavy atom. The summed E-state index contributed by atoms with van der Waals surface area (Å²) in [4.78, 5) is 13.3. The lowest BCUT2D eigenvalue weighted by Gasteiger charge is -2.06. The normalized spacial score (nSPS) is 15.0. The molecule has 1 fully saturated rings. The van der Waals surface area contributed by atoms with E-state index in [9.17, 15) is 4.79 Å². The summed E-state index contributed by atoms with van der Waals surface area (Å²) in [6.07, 6.45) is 4.73. The Kier molecular flexibility index (Phi) is 5.33. The zero-order valence-corrected chi connectivity index (χ0v) is 14.1. The van der Waals surface area contributed by atoms with Gasteiger partial charge < -0.3 is 4.42 Å². The van der Waals surface area contributed by atoms with Crippen molar-refractivity contribution in [3.63, 3.8) is 0 Å². The summed E-state index contributed by atoms with van der Waals surface area (Å²) in [5, 5.41) is 10.7. The second kappa shape index (κ2) is 7.64. The van der Waals surface area contributed by atoms with Gasteiger partial charge in [-0.2, -0.15) is 0 Å². The van der Waals surface area contributed by atoms with Crippen LogP contribution in [-0.4, -0.2) is 21.9 Å². The van der Waals surface area contributed by atoms with Gasteiger partial charge in [-0.05, 0) is 36.3 Å². The van der Waals surface area contributed by atoms with E-state index in [2.05, 4.69) is 46.7 Å². The van der Waals surface area contributed by atoms with Gasteiger partial charge in [0.2, 0.25) is 11.8 Å². The maximum Gasteiger partial charge on any atom is 0.322 e. The van der Waals surface area contributed by atoms with Crippen LogP contribution in [0.5, 0.6) is 0 Å². The van der Waals surface area contributed by atoms with E-state index in [0.29, 0.717) is 12.3 Å². The highest BCUT2D eigenvalue weighted by atomic mass is 32.2. The van der Waals surface area contributed by atoms with E-state index in [4.69, 9.17) is 4.42 Å². The molecule has 122 valence electrons. The van der Waals surface area contributed by atoms with Crippen molar-refractivity contribution in [3.8, 4) is 0 Å². The fraction of sp³-hybridized carbons (Fsp3) is 0.471. The van der Waals surface area contributed by atoms with Crippen LogP contribution < -0.4 is 5.32 Å². The van der Waals surface area contributed by atoms with Gasteiger partial charge in [-0.1, -0.05) is 37.0 Å². The van der Waals surface area contributed by atoms with E-state index in [1.54, 1.807) is 0 Å². The number of carbonyl (C=O) groups is 1. The number of hydrogen-bond donors (Lipinski definition) is 1. The third-order valence-corrected chi connectivity index (χ3v) is 4.91. The first-order chi connectivity index (χ1) is 11.2. The fourth-order valence-corrected chi connectivity index (χ4v) is 3.48. The summed E-state index contributed by atoms with van der Waals surface area (Å²) in [6, 6.07) is 8.54. The molecule has 1 heterocycles. The lowest BCUT2D eigenvalue weighted by atomic mass is 10.1. The Morgan fingerprint density at radius 1 is 1.26 bits per heavy atom. The molecule has 1 amide bonds. The summed E-state index contributed by atoms with van der Waals surface area (Å²) in [5.41, 5.74) is 1.11. The number of hydrogen-bond acceptors (Lipinski definition) is 5. The number of anilines is 1. The number of aromatic nitrogens is 2. The quantitative estimate of drug-likeness (QED) is 0.813. The van der Waals surface area contributed by atoms with Gasteiger partial charge in [0.15, 0.2) is 0 Å². The Hall–Kier alpha value is -1.82. The molecule has 3 rings (SSSR count). The zero-order valence-electron chi connectivity index (χ0n) is 13.2. The summed E-state index contributed by atoms with van der Waals surface area (Å²) in [6.45, 7) is 2.14. The molecule has 0 bridgehead atoms. The van der Waals surface area contributed by atoms with Gasteiger partial charge in [0.05, 0.1) is 6.42 Å². The van der Waals surface area contributed by atoms with Gasteiger partial charge in [-0.25, -0.2) is 0 Å². The molecule has 1 saturated carbocycles. The van der Waals surface area contributed by atoms with Crippen LogP contribution >= 0.6 is 11.8 Å². The number of amides is 1. The summed E-state index contributed by atoms with van der Waals surface area (Å²) in [7, 11) is 0. The first-order valence-corrected chi connectivity index (χ1v) is 9.08. The van der Waals surface area contributed by atoms with Crippen LogP contribution in [0.3, 0.4) is 0 Å². The molecule has 1 N–H and O–H groups in total. The molecule has 1 aliphatic rings. The standard InChI is InChI=1S/C17H21N3O2S/c1-2-23-14-9-7-12(8-10-14)11-15-19-20-17(22-15)18-16(21)13-5-3-4-6-13/h7-10,13H,2-6,11H2,1H3,(H,18,20,21). The van der Waals surface area contributed by atoms with Crippen molar-refractivity contribution in [1.82, 2.24) is 10.2 Å². The number of carbonyl (C=O) groups excluding carboxylic acids is 1. The number of nitrogens with zero attached hydrogens (tertiary/aromatic N) is 2. The van der Waals surface area contributed by atoms with E-state index < -0.39 is 0 Å². The van der Waals surface area contributed by atoms with Gasteiger partial charge in [-0.3, -0.25) is 10.1 Å². The van der Waals surface area contributed by atoms with Crippen LogP contribution in [0, 0.1) is 5.92 Å². The van der Waals surface area contributed by atoms with Gasteiger partial charge in [0.1, 0.15) is 0 Å². The molecule has 23 heavy (non-hydrogen) atoms. The lowest BCUT2D eigenvalue weighted by molar-refractivity contribution is -0.119. The third kappa shape index (κ3) is 4.34. The van der Waals surface area contributed by atoms with Crippen molar-refractivity contribution in [3.05, 3.63) is 35.7 Å². The number of thioether (sulfide) groups is 1. The molecule has 2 aromatic rings. The summed E-state index contributed by atoms with van der Waals surface area (Å²) >= 11 is 1.81. The van der Waals surface area contributed by atoms with E-state index >= 15 is 0 Å². The molecule has 1 aromatic heterocycles. The van der Waals surface area contributed by atoms with Crippen molar-refractivity contribution in [2.75, 3.05) is 11.1 Å². The van der Waals surface area contributed by atoms with E-state index in [1.807, 2.05) is 11.8 Å². The lowest BCUT2D eigenvalue weighted by Crippen LogP contribution is -2.20. The minimum atomic E-state index is -0.00126. The predicted molar refractivity (Wildman–Crippen MR) is 90.5 cm³/mol. The molecule has 0 atom stereocenters. The zero-order chi connectivity index (χ0) is 16.1. The van der Waals surface area contributed by atoms with Gasteiger partial charge >= 0.3 is 6.01 Å². The Bertz CT molecular complexity index is 648. The first kappa shape index (κ1) is 16.1. The van der Waals surface area contributed by atoms with Crippen LogP contribution in [0.15, 0.2) is 33.6 Å². The molecule has 0 saturated heterocycles. The molecule has 0 unspecified atom stereocenters. The minimum absolute atomic E-state index is 0.00126. The SMILES string of the molecule is CCSc1ccc(Cc2nnc(NC(=O)C3CCCC3)o2)cc1. The van der Waals surface area contributed by atoms with Crippen molar-refractivity contribution < 1.29 is 9.21 Å². The third-order valence-electron chi connectivity index (χ3n) is 4.01. The fourth-order valence-electron chi connectivity index (χ4n) is 2.82. The monoisotopic (exact) mass is 331 g/mol. The predicted octanol–water partition coefficient (Wildman–Crippen LogP) is 3.90. The number of benzene rings is 1. The molecule has 1 aliphatic carbocycles. The molecular formula is C17H21N3O2S. The molecular weight excluding hydrogens is 310 g/mol. The molecule has 6 heteroatoms. The first-order valence-electron chi connectivity index (χ1n) is 8.09. The van der Waals surface area contributed by atoms with Crippen LogP contribution in [0.2, 0.25) is 0 Å². The van der Waals surface area contributed by atoms with Gasteiger partial charge in [0, 0.05) is 10.8 Å². The maximum atomic E-state index is 12.0. The second-order valence-corrected chi connectivity index (χ2v) is 7.06. The van der Waals surface area contributed by atoms with E-state index in [1.165, 1.54) is 4.90 Å². The van der Waals surface area contributed by atoms with Gasteiger partial charge in [0.25, 0.3) is 0 Å². The van der Waals surface area contributed by atoms with Crippen LogP contribution in [0.1, 0.15) is 44.1 Å². The Balaban J connectivity index is 1.57. The number of rotatable bonds is 6. The van der Waals surface area contributed by atoms with Crippen molar-refractivity contribution in [2.45, 2.75) is 43.9 Å². The Labute approximate surface area is 140 Å². The maximum absolute atomic E-state index is 12.0. The molecule has 1 aromatic carbocycles. The second-order valence-electron chi connectivity index (χ2n) is 5.73. The molecule has 0 radical (unpaired) electrons. The highest BCUT2D eigenvalue weighted by Gasteiger charge is 2.24. The van der Waals surface area contributed by atoms with Crippen LogP contribution in [0.4, 0.5) is 6.01 Å². The van der Waals surface area contributed by atoms with Crippen LogP contribution in [0.25, 0.3) is 0 Å². The highest BCUT2D eigenvalue weighted by Crippen LogP contribution is 2.26. The summed E-state index contributed by atoms with van der Waals surface area (Å²) in [5.74, 6) is 1.67. The van der Waals surface area contributed by atoms with Crippen molar-refractivity contribution >= 4 is 23.7 Å². The smallest absolute Gasteiger partial charge is 0.322 e. The average molecular weight is 331 g/mol. The minimum Gasteiger partial charge on any atom is -0.407 e. The van der Waals surface area contributed by atoms with Crippen molar-refractivity contribution in [1.29, 1.82) is 0 Å². The van der Waals surface area contributed by atoms with Crippen molar-refractivity contribution in [2.24, 2.45) is 5.92 Å². The van der Waals surface area contributed by atoms with E-state index in [-0.39, 0.29) is 17.8 Å². The van der Waals surface area contributed by atoms with Gasteiger partial charge in [-0.15, -0.1) is 16.9 Å². The summed E-state index contributed by atoms with van der Waals surface area (Å²) < 4.78 is 5.54. The number of nitrogens with one attached hydrogen (secondary N) is 1. The largest absolute Gasteiger partial charge is 0.407 e. The molecule has 0 aliphatic heterocycles. The van der Waals surface area contributed by atoms with E-state index in [0.717, 1.165) is 37.0 Å². The topological polar surface area (TPSA) is 68.0 Å². The molecule has 5 nitrogen and oxygen atoms in total. The Morgan fingerprint density at radius 2 is 2.00 bits per heavy atom. The highest BCUT2D eigenvalue weighted by molar-refractivity contribution is 7.99. The molecule has 0 spiro atoms.